The molecule has 5 rings (SSSR count). The van der Waals surface area contributed by atoms with Crippen molar-refractivity contribution in [3.8, 4) is 28.5 Å². The Morgan fingerprint density at radius 2 is 1.83 bits per heavy atom. The zero-order chi connectivity index (χ0) is 20.3. The molecule has 0 saturated carbocycles. The van der Waals surface area contributed by atoms with Crippen LogP contribution >= 0.6 is 0 Å². The lowest BCUT2D eigenvalue weighted by Crippen LogP contribution is -2.10. The molecule has 30 heavy (non-hydrogen) atoms. The number of nitrogens with zero attached hydrogens (tertiary/aromatic N) is 5. The molecule has 2 aromatic carbocycles. The molecular formula is C24H18N6. The Labute approximate surface area is 173 Å². The van der Waals surface area contributed by atoms with Crippen molar-refractivity contribution in [3.63, 3.8) is 0 Å². The van der Waals surface area contributed by atoms with Crippen molar-refractivity contribution >= 4 is 11.0 Å². The van der Waals surface area contributed by atoms with E-state index >= 15 is 0 Å². The number of benzene rings is 2. The zero-order valence-electron chi connectivity index (χ0n) is 16.1. The molecule has 1 unspecified atom stereocenters. The van der Waals surface area contributed by atoms with E-state index in [-0.39, 0.29) is 6.04 Å². The number of aromatic amines is 1. The van der Waals surface area contributed by atoms with Crippen LogP contribution in [0.5, 0.6) is 0 Å². The normalized spacial score (nSPS) is 12.0. The fraction of sp³-hybridized carbons (Fsp3) is 0.0833. The second-order valence-electron chi connectivity index (χ2n) is 7.04. The summed E-state index contributed by atoms with van der Waals surface area (Å²) in [7, 11) is 0. The molecule has 0 spiro atoms. The van der Waals surface area contributed by atoms with Gasteiger partial charge < -0.3 is 4.98 Å². The van der Waals surface area contributed by atoms with E-state index in [2.05, 4.69) is 50.4 Å². The van der Waals surface area contributed by atoms with E-state index in [9.17, 15) is 5.26 Å². The lowest BCUT2D eigenvalue weighted by molar-refractivity contribution is 0.532. The first-order valence-corrected chi connectivity index (χ1v) is 9.68. The Morgan fingerprint density at radius 1 is 0.967 bits per heavy atom. The van der Waals surface area contributed by atoms with Crippen LogP contribution in [0.2, 0.25) is 0 Å². The second-order valence-corrected chi connectivity index (χ2v) is 7.04. The van der Waals surface area contributed by atoms with E-state index in [1.807, 2.05) is 53.5 Å². The van der Waals surface area contributed by atoms with Crippen LogP contribution in [-0.4, -0.2) is 24.7 Å². The van der Waals surface area contributed by atoms with Crippen molar-refractivity contribution in [2.45, 2.75) is 12.5 Å². The molecule has 3 aromatic heterocycles. The highest BCUT2D eigenvalue weighted by molar-refractivity contribution is 5.90. The molecule has 6 nitrogen and oxygen atoms in total. The van der Waals surface area contributed by atoms with Gasteiger partial charge in [-0.3, -0.25) is 4.68 Å². The third kappa shape index (κ3) is 3.23. The average Bonchev–Trinajstić information content (AvgIpc) is 3.48. The number of rotatable bonds is 5. The molecule has 0 aliphatic carbocycles. The summed E-state index contributed by atoms with van der Waals surface area (Å²) >= 11 is 0. The van der Waals surface area contributed by atoms with Crippen LogP contribution in [0.25, 0.3) is 33.4 Å². The molecule has 1 N–H and O–H groups in total. The predicted molar refractivity (Wildman–Crippen MR) is 115 cm³/mol. The minimum absolute atomic E-state index is 0.184. The molecule has 0 bridgehead atoms. The highest BCUT2D eigenvalue weighted by Gasteiger charge is 2.17. The number of fused-ring (bicyclic) bond motifs is 1. The quantitative estimate of drug-likeness (QED) is 0.458. The van der Waals surface area contributed by atoms with Crippen molar-refractivity contribution in [2.24, 2.45) is 0 Å². The zero-order valence-corrected chi connectivity index (χ0v) is 16.1. The van der Waals surface area contributed by atoms with E-state index in [1.165, 1.54) is 0 Å². The van der Waals surface area contributed by atoms with Crippen LogP contribution in [0.3, 0.4) is 0 Å². The summed E-state index contributed by atoms with van der Waals surface area (Å²) in [6.45, 7) is 0. The third-order valence-electron chi connectivity index (χ3n) is 5.21. The second kappa shape index (κ2) is 7.64. The lowest BCUT2D eigenvalue weighted by atomic mass is 9.98. The van der Waals surface area contributed by atoms with Gasteiger partial charge in [-0.15, -0.1) is 0 Å². The average molecular weight is 390 g/mol. The van der Waals surface area contributed by atoms with Gasteiger partial charge in [0.1, 0.15) is 12.0 Å². The summed E-state index contributed by atoms with van der Waals surface area (Å²) in [5.74, 6) is 0. The molecule has 0 amide bonds. The Morgan fingerprint density at radius 3 is 2.70 bits per heavy atom. The summed E-state index contributed by atoms with van der Waals surface area (Å²) in [6, 6.07) is 22.6. The molecule has 5 aromatic rings. The van der Waals surface area contributed by atoms with Gasteiger partial charge in [-0.2, -0.15) is 10.4 Å². The summed E-state index contributed by atoms with van der Waals surface area (Å²) in [4.78, 5) is 11.8. The number of hydrogen-bond acceptors (Lipinski definition) is 4. The van der Waals surface area contributed by atoms with E-state index < -0.39 is 0 Å². The predicted octanol–water partition coefficient (Wildman–Crippen LogP) is 4.99. The maximum atomic E-state index is 9.47. The minimum Gasteiger partial charge on any atom is -0.346 e. The van der Waals surface area contributed by atoms with E-state index in [1.54, 1.807) is 12.5 Å². The van der Waals surface area contributed by atoms with Crippen molar-refractivity contribution in [1.82, 2.24) is 24.7 Å². The molecule has 0 aliphatic rings. The molecule has 1 atom stereocenters. The third-order valence-corrected chi connectivity index (χ3v) is 5.21. The summed E-state index contributed by atoms with van der Waals surface area (Å²) in [5.41, 5.74) is 5.81. The van der Waals surface area contributed by atoms with Crippen LogP contribution < -0.4 is 0 Å². The van der Waals surface area contributed by atoms with Gasteiger partial charge in [-0.05, 0) is 28.8 Å². The first kappa shape index (κ1) is 17.8. The van der Waals surface area contributed by atoms with Crippen molar-refractivity contribution in [1.29, 1.82) is 5.26 Å². The monoisotopic (exact) mass is 390 g/mol. The van der Waals surface area contributed by atoms with Crippen molar-refractivity contribution in [3.05, 3.63) is 91.1 Å². The molecule has 0 radical (unpaired) electrons. The topological polar surface area (TPSA) is 83.2 Å². The molecular weight excluding hydrogens is 372 g/mol. The number of nitrogens with one attached hydrogen (secondary N) is 1. The van der Waals surface area contributed by atoms with E-state index in [4.69, 9.17) is 0 Å². The molecule has 0 saturated heterocycles. The van der Waals surface area contributed by atoms with Crippen LogP contribution in [0, 0.1) is 11.3 Å². The Bertz CT molecular complexity index is 1340. The van der Waals surface area contributed by atoms with Gasteiger partial charge in [-0.1, -0.05) is 48.5 Å². The van der Waals surface area contributed by atoms with Gasteiger partial charge in [0, 0.05) is 23.3 Å². The maximum absolute atomic E-state index is 9.47. The van der Waals surface area contributed by atoms with E-state index in [0.717, 1.165) is 39.0 Å². The van der Waals surface area contributed by atoms with Crippen LogP contribution in [-0.2, 0) is 0 Å². The Kier molecular flexibility index (Phi) is 4.54. The van der Waals surface area contributed by atoms with Gasteiger partial charge in [0.05, 0.1) is 30.4 Å². The van der Waals surface area contributed by atoms with Gasteiger partial charge in [0.15, 0.2) is 0 Å². The highest BCUT2D eigenvalue weighted by atomic mass is 15.3. The molecule has 6 heteroatoms. The SMILES string of the molecule is N#CCC(c1cccc(-c2ccccc2)c1)n1cc(-c2ncnc3[nH]ccc23)cn1. The van der Waals surface area contributed by atoms with Gasteiger partial charge >= 0.3 is 0 Å². The van der Waals surface area contributed by atoms with E-state index in [0.29, 0.717) is 6.42 Å². The van der Waals surface area contributed by atoms with Gasteiger partial charge in [-0.25, -0.2) is 9.97 Å². The Hall–Kier alpha value is -4.24. The van der Waals surface area contributed by atoms with Gasteiger partial charge in [0.2, 0.25) is 0 Å². The first-order valence-electron chi connectivity index (χ1n) is 9.68. The largest absolute Gasteiger partial charge is 0.346 e. The van der Waals surface area contributed by atoms with Crippen molar-refractivity contribution < 1.29 is 0 Å². The summed E-state index contributed by atoms with van der Waals surface area (Å²) in [6.07, 6.45) is 7.46. The van der Waals surface area contributed by atoms with Crippen molar-refractivity contribution in [2.75, 3.05) is 0 Å². The number of nitriles is 1. The fourth-order valence-corrected chi connectivity index (χ4v) is 3.74. The lowest BCUT2D eigenvalue weighted by Gasteiger charge is -2.16. The number of aromatic nitrogens is 5. The standard InChI is InChI=1S/C24H18N6/c25-11-9-22(19-8-4-7-18(13-19)17-5-2-1-3-6-17)30-15-20(14-29-30)23-21-10-12-26-24(21)28-16-27-23/h1-8,10,12-16,22H,9H2,(H,26,27,28). The van der Waals surface area contributed by atoms with Crippen LogP contribution in [0.1, 0.15) is 18.0 Å². The molecule has 0 aliphatic heterocycles. The number of hydrogen-bond donors (Lipinski definition) is 1. The minimum atomic E-state index is -0.184. The van der Waals surface area contributed by atoms with Crippen LogP contribution in [0.4, 0.5) is 0 Å². The maximum Gasteiger partial charge on any atom is 0.141 e. The van der Waals surface area contributed by atoms with Crippen LogP contribution in [0.15, 0.2) is 85.6 Å². The number of H-pyrrole nitrogens is 1. The highest BCUT2D eigenvalue weighted by Crippen LogP contribution is 2.29. The molecule has 144 valence electrons. The summed E-state index contributed by atoms with van der Waals surface area (Å²) in [5, 5.41) is 15.0. The Balaban J connectivity index is 1.54. The fourth-order valence-electron chi connectivity index (χ4n) is 3.74. The van der Waals surface area contributed by atoms with Gasteiger partial charge in [0.25, 0.3) is 0 Å². The summed E-state index contributed by atoms with van der Waals surface area (Å²) < 4.78 is 1.85. The molecule has 0 fully saturated rings. The smallest absolute Gasteiger partial charge is 0.141 e. The molecule has 3 heterocycles. The first-order chi connectivity index (χ1) is 14.8.